The van der Waals surface area contributed by atoms with Crippen LogP contribution in [0, 0.1) is 5.82 Å². The van der Waals surface area contributed by atoms with Gasteiger partial charge in [0.05, 0.1) is 10.8 Å². The molecule has 0 bridgehead atoms. The van der Waals surface area contributed by atoms with Gasteiger partial charge in [0.15, 0.2) is 0 Å². The molecule has 0 heterocycles. The van der Waals surface area contributed by atoms with Crippen LogP contribution in [-0.2, 0) is 31.6 Å². The second-order valence-corrected chi connectivity index (χ2v) is 8.27. The predicted molar refractivity (Wildman–Crippen MR) is 111 cm³/mol. The molecule has 0 aromatic heterocycles. The minimum Gasteiger partial charge on any atom is -0.368 e. The third kappa shape index (κ3) is 7.40. The number of carbonyl (C=O) groups is 3. The van der Waals surface area contributed by atoms with Gasteiger partial charge in [-0.3, -0.25) is 18.6 Å². The van der Waals surface area contributed by atoms with E-state index in [0.717, 1.165) is 0 Å². The summed E-state index contributed by atoms with van der Waals surface area (Å²) in [5, 5.41) is 5.00. The van der Waals surface area contributed by atoms with Crippen LogP contribution in [0.5, 0.6) is 0 Å². The monoisotopic (exact) mass is 433 g/mol. The van der Waals surface area contributed by atoms with Crippen molar-refractivity contribution < 1.29 is 23.0 Å². The Morgan fingerprint density at radius 2 is 1.73 bits per heavy atom. The summed E-state index contributed by atoms with van der Waals surface area (Å²) in [5.74, 6) is -2.21. The maximum Gasteiger partial charge on any atom is 0.243 e. The van der Waals surface area contributed by atoms with E-state index in [0.29, 0.717) is 10.5 Å². The predicted octanol–water partition coefficient (Wildman–Crippen LogP) is 1.04. The van der Waals surface area contributed by atoms with Crippen molar-refractivity contribution in [2.24, 2.45) is 5.73 Å². The molecular formula is C21H24FN3O4S. The number of hydrogen-bond donors (Lipinski definition) is 3. The minimum atomic E-state index is -1.36. The minimum absolute atomic E-state index is 0.0323. The smallest absolute Gasteiger partial charge is 0.243 e. The van der Waals surface area contributed by atoms with Gasteiger partial charge in [-0.2, -0.15) is 0 Å². The largest absolute Gasteiger partial charge is 0.368 e. The van der Waals surface area contributed by atoms with Crippen molar-refractivity contribution in [3.05, 3.63) is 66.0 Å². The molecule has 0 aliphatic rings. The van der Waals surface area contributed by atoms with Gasteiger partial charge < -0.3 is 16.4 Å². The average molecular weight is 434 g/mol. The van der Waals surface area contributed by atoms with Crippen molar-refractivity contribution in [1.82, 2.24) is 10.6 Å². The highest BCUT2D eigenvalue weighted by atomic mass is 32.2. The fourth-order valence-corrected chi connectivity index (χ4v) is 3.97. The van der Waals surface area contributed by atoms with E-state index < -0.39 is 46.4 Å². The molecule has 2 aromatic carbocycles. The van der Waals surface area contributed by atoms with Gasteiger partial charge in [0.2, 0.25) is 17.7 Å². The molecule has 7 nitrogen and oxygen atoms in total. The Morgan fingerprint density at radius 3 is 2.33 bits per heavy atom. The molecule has 0 fully saturated rings. The standard InChI is InChI=1S/C21H24FN3O4S/c1-14(26)24-19(13-15-6-5-7-16(22)12-15)21(28)25-18(20(23)27)10-11-30(29)17-8-3-2-4-9-17/h2-9,12,18-19H,10-11,13H2,1H3,(H2,23,27)(H,24,26)(H,25,28)/t18-,19+,30-/m0/s1. The van der Waals surface area contributed by atoms with Crippen LogP contribution in [0.1, 0.15) is 18.9 Å². The fourth-order valence-electron chi connectivity index (χ4n) is 2.83. The Balaban J connectivity index is 2.04. The van der Waals surface area contributed by atoms with Gasteiger partial charge in [-0.1, -0.05) is 30.3 Å². The van der Waals surface area contributed by atoms with E-state index in [1.807, 2.05) is 0 Å². The number of nitrogens with one attached hydrogen (secondary N) is 2. The van der Waals surface area contributed by atoms with Crippen molar-refractivity contribution in [2.75, 3.05) is 5.75 Å². The first-order chi connectivity index (χ1) is 14.3. The number of primary amides is 1. The van der Waals surface area contributed by atoms with E-state index in [9.17, 15) is 23.0 Å². The third-order valence-electron chi connectivity index (χ3n) is 4.28. The first-order valence-corrected chi connectivity index (χ1v) is 10.6. The number of hydrogen-bond acceptors (Lipinski definition) is 4. The molecule has 0 spiro atoms. The number of rotatable bonds is 10. The van der Waals surface area contributed by atoms with E-state index in [1.165, 1.54) is 25.1 Å². The summed E-state index contributed by atoms with van der Waals surface area (Å²) in [6.45, 7) is 1.25. The molecule has 3 amide bonds. The fraction of sp³-hybridized carbons (Fsp3) is 0.286. The van der Waals surface area contributed by atoms with Crippen LogP contribution in [-0.4, -0.2) is 39.8 Å². The first-order valence-electron chi connectivity index (χ1n) is 9.31. The molecule has 3 atom stereocenters. The van der Waals surface area contributed by atoms with Gasteiger partial charge in [0.25, 0.3) is 0 Å². The lowest BCUT2D eigenvalue weighted by Crippen LogP contribution is -2.53. The van der Waals surface area contributed by atoms with Gasteiger partial charge >= 0.3 is 0 Å². The topological polar surface area (TPSA) is 118 Å². The number of benzene rings is 2. The Morgan fingerprint density at radius 1 is 1.03 bits per heavy atom. The Bertz CT molecular complexity index is 923. The highest BCUT2D eigenvalue weighted by molar-refractivity contribution is 7.85. The second kappa shape index (κ2) is 11.2. The molecular weight excluding hydrogens is 409 g/mol. The molecule has 4 N–H and O–H groups in total. The maximum absolute atomic E-state index is 13.4. The number of nitrogens with two attached hydrogens (primary N) is 1. The Hall–Kier alpha value is -3.07. The molecule has 9 heteroatoms. The van der Waals surface area contributed by atoms with Crippen molar-refractivity contribution in [3.8, 4) is 0 Å². The van der Waals surface area contributed by atoms with Crippen LogP contribution >= 0.6 is 0 Å². The summed E-state index contributed by atoms with van der Waals surface area (Å²) in [4.78, 5) is 36.6. The summed E-state index contributed by atoms with van der Waals surface area (Å²) < 4.78 is 25.8. The van der Waals surface area contributed by atoms with E-state index in [4.69, 9.17) is 5.73 Å². The zero-order valence-electron chi connectivity index (χ0n) is 16.5. The lowest BCUT2D eigenvalue weighted by Gasteiger charge is -2.21. The third-order valence-corrected chi connectivity index (χ3v) is 5.69. The van der Waals surface area contributed by atoms with Gasteiger partial charge in [-0.05, 0) is 36.2 Å². The highest BCUT2D eigenvalue weighted by Gasteiger charge is 2.26. The summed E-state index contributed by atoms with van der Waals surface area (Å²) in [6.07, 6.45) is 0.0972. The van der Waals surface area contributed by atoms with Gasteiger partial charge in [-0.15, -0.1) is 0 Å². The van der Waals surface area contributed by atoms with E-state index in [2.05, 4.69) is 10.6 Å². The van der Waals surface area contributed by atoms with E-state index in [1.54, 1.807) is 36.4 Å². The molecule has 160 valence electrons. The molecule has 2 aromatic rings. The molecule has 0 saturated heterocycles. The SMILES string of the molecule is CC(=O)N[C@H](Cc1cccc(F)c1)C(=O)N[C@@H](CC[S@](=O)c1ccccc1)C(N)=O. The summed E-state index contributed by atoms with van der Waals surface area (Å²) in [6, 6.07) is 12.3. The van der Waals surface area contributed by atoms with Gasteiger partial charge in [-0.25, -0.2) is 4.39 Å². The van der Waals surface area contributed by atoms with Crippen molar-refractivity contribution in [1.29, 1.82) is 0 Å². The van der Waals surface area contributed by atoms with Crippen LogP contribution in [0.3, 0.4) is 0 Å². The lowest BCUT2D eigenvalue weighted by atomic mass is 10.0. The highest BCUT2D eigenvalue weighted by Crippen LogP contribution is 2.10. The molecule has 0 aliphatic carbocycles. The number of amides is 3. The van der Waals surface area contributed by atoms with Crippen molar-refractivity contribution in [2.45, 2.75) is 36.7 Å². The number of carbonyl (C=O) groups excluding carboxylic acids is 3. The second-order valence-electron chi connectivity index (χ2n) is 6.70. The van der Waals surface area contributed by atoms with E-state index >= 15 is 0 Å². The quantitative estimate of drug-likeness (QED) is 0.519. The number of halogens is 1. The van der Waals surface area contributed by atoms with Crippen molar-refractivity contribution in [3.63, 3.8) is 0 Å². The molecule has 30 heavy (non-hydrogen) atoms. The lowest BCUT2D eigenvalue weighted by molar-refractivity contribution is -0.130. The van der Waals surface area contributed by atoms with Crippen LogP contribution in [0.15, 0.2) is 59.5 Å². The Labute approximate surface area is 176 Å². The van der Waals surface area contributed by atoms with Crippen LogP contribution in [0.4, 0.5) is 4.39 Å². The average Bonchev–Trinajstić information content (AvgIpc) is 2.70. The molecule has 0 unspecified atom stereocenters. The summed E-state index contributed by atoms with van der Waals surface area (Å²) in [5.41, 5.74) is 5.90. The van der Waals surface area contributed by atoms with Crippen LogP contribution in [0.2, 0.25) is 0 Å². The maximum atomic E-state index is 13.4. The molecule has 0 radical (unpaired) electrons. The summed E-state index contributed by atoms with van der Waals surface area (Å²) >= 11 is 0. The van der Waals surface area contributed by atoms with E-state index in [-0.39, 0.29) is 18.6 Å². The summed E-state index contributed by atoms with van der Waals surface area (Å²) in [7, 11) is -1.36. The van der Waals surface area contributed by atoms with Gasteiger partial charge in [0, 0.05) is 24.0 Å². The molecule has 2 rings (SSSR count). The zero-order valence-corrected chi connectivity index (χ0v) is 17.3. The molecule has 0 aliphatic heterocycles. The normalized spacial score (nSPS) is 13.7. The first kappa shape index (κ1) is 23.2. The Kier molecular flexibility index (Phi) is 8.67. The molecule has 0 saturated carbocycles. The van der Waals surface area contributed by atoms with Crippen molar-refractivity contribution >= 4 is 28.5 Å². The zero-order chi connectivity index (χ0) is 22.1. The van der Waals surface area contributed by atoms with Crippen LogP contribution < -0.4 is 16.4 Å². The van der Waals surface area contributed by atoms with Crippen LogP contribution in [0.25, 0.3) is 0 Å². The van der Waals surface area contributed by atoms with Gasteiger partial charge in [0.1, 0.15) is 17.9 Å².